The lowest BCUT2D eigenvalue weighted by atomic mass is 9.75. The Hall–Kier alpha value is -1.36. The van der Waals surface area contributed by atoms with E-state index in [0.717, 1.165) is 38.1 Å². The largest absolute Gasteiger partial charge is 0.361 e. The smallest absolute Gasteiger partial charge is 0.273 e. The van der Waals surface area contributed by atoms with Crippen LogP contribution in [0.2, 0.25) is 0 Å². The van der Waals surface area contributed by atoms with Gasteiger partial charge in [0.25, 0.3) is 5.91 Å². The predicted octanol–water partition coefficient (Wildman–Crippen LogP) is 3.89. The first-order chi connectivity index (χ1) is 11.4. The van der Waals surface area contributed by atoms with Crippen molar-refractivity contribution in [1.29, 1.82) is 0 Å². The summed E-state index contributed by atoms with van der Waals surface area (Å²) in [6.07, 6.45) is 5.21. The van der Waals surface area contributed by atoms with Crippen LogP contribution >= 0.6 is 0 Å². The molecule has 1 amide bonds. The van der Waals surface area contributed by atoms with E-state index in [2.05, 4.69) is 50.1 Å². The normalized spacial score (nSPS) is 13.3. The number of nitrogens with zero attached hydrogens (tertiary/aromatic N) is 2. The van der Waals surface area contributed by atoms with Gasteiger partial charge in [0.05, 0.1) is 0 Å². The van der Waals surface area contributed by atoms with Crippen molar-refractivity contribution in [3.8, 4) is 0 Å². The highest BCUT2D eigenvalue weighted by molar-refractivity contribution is 5.92. The monoisotopic (exact) mass is 337 g/mol. The molecule has 0 aliphatic rings. The standard InChI is InChI=1S/C19H35N3O2/c1-7-11-12-22(6)14-19(9-3,10-4)15(5)20-18(23)17-13-16(8-2)24-21-17/h13,15H,7-12,14H2,1-6H3,(H,20,23). The second kappa shape index (κ2) is 9.82. The third kappa shape index (κ3) is 5.33. The van der Waals surface area contributed by atoms with Gasteiger partial charge in [-0.3, -0.25) is 4.79 Å². The number of hydrogen-bond donors (Lipinski definition) is 1. The first-order valence-corrected chi connectivity index (χ1v) is 9.37. The summed E-state index contributed by atoms with van der Waals surface area (Å²) in [4.78, 5) is 14.9. The Labute approximate surface area is 147 Å². The lowest BCUT2D eigenvalue weighted by molar-refractivity contribution is 0.0795. The van der Waals surface area contributed by atoms with E-state index < -0.39 is 0 Å². The molecule has 0 radical (unpaired) electrons. The van der Waals surface area contributed by atoms with Crippen molar-refractivity contribution in [3.05, 3.63) is 17.5 Å². The van der Waals surface area contributed by atoms with Crippen LogP contribution in [0.4, 0.5) is 0 Å². The summed E-state index contributed by atoms with van der Waals surface area (Å²) in [7, 11) is 2.18. The van der Waals surface area contributed by atoms with Crippen LogP contribution in [0.25, 0.3) is 0 Å². The summed E-state index contributed by atoms with van der Waals surface area (Å²) in [5.74, 6) is 0.595. The molecule has 1 atom stereocenters. The van der Waals surface area contributed by atoms with Crippen molar-refractivity contribution >= 4 is 5.91 Å². The van der Waals surface area contributed by atoms with E-state index in [1.807, 2.05) is 6.92 Å². The molecule has 0 spiro atoms. The zero-order valence-electron chi connectivity index (χ0n) is 16.3. The molecule has 0 aliphatic carbocycles. The van der Waals surface area contributed by atoms with Gasteiger partial charge in [-0.2, -0.15) is 0 Å². The number of rotatable bonds is 11. The molecule has 1 unspecified atom stereocenters. The van der Waals surface area contributed by atoms with Gasteiger partial charge >= 0.3 is 0 Å². The highest BCUT2D eigenvalue weighted by atomic mass is 16.5. The predicted molar refractivity (Wildman–Crippen MR) is 98.2 cm³/mol. The lowest BCUT2D eigenvalue weighted by Crippen LogP contribution is -2.50. The fourth-order valence-corrected chi connectivity index (χ4v) is 3.28. The Morgan fingerprint density at radius 2 is 2.00 bits per heavy atom. The summed E-state index contributed by atoms with van der Waals surface area (Å²) in [6.45, 7) is 12.8. The molecule has 5 heteroatoms. The van der Waals surface area contributed by atoms with Crippen LogP contribution in [0.3, 0.4) is 0 Å². The maximum atomic E-state index is 12.5. The minimum absolute atomic E-state index is 0.0650. The number of aromatic nitrogens is 1. The lowest BCUT2D eigenvalue weighted by Gasteiger charge is -2.41. The van der Waals surface area contributed by atoms with Crippen molar-refractivity contribution in [3.63, 3.8) is 0 Å². The molecule has 0 saturated carbocycles. The van der Waals surface area contributed by atoms with E-state index >= 15 is 0 Å². The Balaban J connectivity index is 2.77. The Morgan fingerprint density at radius 3 is 2.50 bits per heavy atom. The number of aryl methyl sites for hydroxylation is 1. The van der Waals surface area contributed by atoms with Crippen molar-refractivity contribution in [1.82, 2.24) is 15.4 Å². The van der Waals surface area contributed by atoms with Crippen molar-refractivity contribution in [2.45, 2.75) is 72.8 Å². The van der Waals surface area contributed by atoms with E-state index in [1.165, 1.54) is 12.8 Å². The van der Waals surface area contributed by atoms with Crippen molar-refractivity contribution < 1.29 is 9.32 Å². The van der Waals surface area contributed by atoms with Gasteiger partial charge in [0.15, 0.2) is 5.69 Å². The van der Waals surface area contributed by atoms with Crippen LogP contribution in [0.1, 0.15) is 76.6 Å². The fraction of sp³-hybridized carbons (Fsp3) is 0.789. The molecule has 5 nitrogen and oxygen atoms in total. The second-order valence-corrected chi connectivity index (χ2v) is 6.89. The van der Waals surface area contributed by atoms with Gasteiger partial charge in [-0.05, 0) is 39.8 Å². The molecule has 138 valence electrons. The summed E-state index contributed by atoms with van der Waals surface area (Å²) in [5.41, 5.74) is 0.439. The van der Waals surface area contributed by atoms with Crippen LogP contribution in [-0.4, -0.2) is 42.1 Å². The van der Waals surface area contributed by atoms with E-state index in [-0.39, 0.29) is 17.4 Å². The summed E-state index contributed by atoms with van der Waals surface area (Å²) < 4.78 is 5.14. The van der Waals surface area contributed by atoms with Crippen LogP contribution in [0, 0.1) is 5.41 Å². The zero-order chi connectivity index (χ0) is 18.2. The SMILES string of the molecule is CCCCN(C)CC(CC)(CC)C(C)NC(=O)c1cc(CC)on1. The van der Waals surface area contributed by atoms with Gasteiger partial charge in [0.2, 0.25) is 0 Å². The van der Waals surface area contributed by atoms with Gasteiger partial charge in [-0.1, -0.05) is 39.3 Å². The second-order valence-electron chi connectivity index (χ2n) is 6.89. The number of nitrogens with one attached hydrogen (secondary N) is 1. The topological polar surface area (TPSA) is 58.4 Å². The summed E-state index contributed by atoms with van der Waals surface area (Å²) in [6, 6.07) is 1.81. The maximum Gasteiger partial charge on any atom is 0.273 e. The van der Waals surface area contributed by atoms with E-state index in [0.29, 0.717) is 5.69 Å². The Morgan fingerprint density at radius 1 is 1.33 bits per heavy atom. The average molecular weight is 338 g/mol. The minimum Gasteiger partial charge on any atom is -0.361 e. The highest BCUT2D eigenvalue weighted by Crippen LogP contribution is 2.32. The van der Waals surface area contributed by atoms with Gasteiger partial charge in [0.1, 0.15) is 5.76 Å². The van der Waals surface area contributed by atoms with E-state index in [1.54, 1.807) is 6.07 Å². The average Bonchev–Trinajstić information content (AvgIpc) is 3.07. The summed E-state index contributed by atoms with van der Waals surface area (Å²) in [5, 5.41) is 7.03. The Kier molecular flexibility index (Phi) is 8.46. The number of amides is 1. The van der Waals surface area contributed by atoms with Gasteiger partial charge in [-0.25, -0.2) is 0 Å². The Bertz CT molecular complexity index is 495. The fourth-order valence-electron chi connectivity index (χ4n) is 3.28. The van der Waals surface area contributed by atoms with Crippen LogP contribution in [0.5, 0.6) is 0 Å². The molecule has 0 fully saturated rings. The first kappa shape index (κ1) is 20.7. The molecule has 1 aromatic heterocycles. The number of carbonyl (C=O) groups excluding carboxylic acids is 1. The highest BCUT2D eigenvalue weighted by Gasteiger charge is 2.35. The van der Waals surface area contributed by atoms with Crippen molar-refractivity contribution in [2.24, 2.45) is 5.41 Å². The molecule has 1 aromatic rings. The zero-order valence-corrected chi connectivity index (χ0v) is 16.3. The molecular weight excluding hydrogens is 302 g/mol. The quantitative estimate of drug-likeness (QED) is 0.665. The van der Waals surface area contributed by atoms with Gasteiger partial charge in [0, 0.05) is 30.5 Å². The molecule has 0 saturated heterocycles. The van der Waals surface area contributed by atoms with Crippen LogP contribution in [0.15, 0.2) is 10.6 Å². The molecule has 1 rings (SSSR count). The van der Waals surface area contributed by atoms with E-state index in [9.17, 15) is 4.79 Å². The molecular formula is C19H35N3O2. The number of unbranched alkanes of at least 4 members (excludes halogenated alkanes) is 1. The van der Waals surface area contributed by atoms with E-state index in [4.69, 9.17) is 4.52 Å². The molecule has 1 heterocycles. The molecule has 0 aliphatic heterocycles. The number of carbonyl (C=O) groups is 1. The third-order valence-corrected chi connectivity index (χ3v) is 5.29. The van der Waals surface area contributed by atoms with Gasteiger partial charge < -0.3 is 14.7 Å². The first-order valence-electron chi connectivity index (χ1n) is 9.37. The third-order valence-electron chi connectivity index (χ3n) is 5.29. The van der Waals surface area contributed by atoms with Crippen LogP contribution < -0.4 is 5.32 Å². The minimum atomic E-state index is -0.145. The molecule has 24 heavy (non-hydrogen) atoms. The molecule has 0 bridgehead atoms. The summed E-state index contributed by atoms with van der Waals surface area (Å²) >= 11 is 0. The van der Waals surface area contributed by atoms with Gasteiger partial charge in [-0.15, -0.1) is 0 Å². The van der Waals surface area contributed by atoms with Crippen molar-refractivity contribution in [2.75, 3.05) is 20.1 Å². The molecule has 0 aromatic carbocycles. The maximum absolute atomic E-state index is 12.5. The van der Waals surface area contributed by atoms with Crippen LogP contribution in [-0.2, 0) is 6.42 Å². The number of hydrogen-bond acceptors (Lipinski definition) is 4. The molecule has 1 N–H and O–H groups in total.